The monoisotopic (exact) mass is 542 g/mol. The van der Waals surface area contributed by atoms with Crippen molar-refractivity contribution in [3.8, 4) is 5.75 Å². The summed E-state index contributed by atoms with van der Waals surface area (Å²) < 4.78 is 5.00. The van der Waals surface area contributed by atoms with Gasteiger partial charge in [0.05, 0.1) is 7.11 Å². The molecule has 3 rings (SSSR count). The first-order valence-corrected chi connectivity index (χ1v) is 12.4. The highest BCUT2D eigenvalue weighted by molar-refractivity contribution is 6.04. The minimum Gasteiger partial charge on any atom is -0.497 e. The first kappa shape index (κ1) is 33.2. The lowest BCUT2D eigenvalue weighted by Gasteiger charge is -2.03. The molecule has 40 heavy (non-hydrogen) atoms. The normalized spacial score (nSPS) is 9.88. The Balaban J connectivity index is 0.000000302. The number of rotatable bonds is 8. The molecule has 0 spiro atoms. The molecule has 0 unspecified atom stereocenters. The van der Waals surface area contributed by atoms with E-state index in [0.717, 1.165) is 11.3 Å². The van der Waals surface area contributed by atoms with Crippen LogP contribution in [0.3, 0.4) is 0 Å². The molecule has 7 nitrogen and oxygen atoms in total. The minimum atomic E-state index is -0.152. The van der Waals surface area contributed by atoms with Crippen molar-refractivity contribution < 1.29 is 33.5 Å². The number of benzene rings is 3. The third kappa shape index (κ3) is 11.7. The van der Waals surface area contributed by atoms with Gasteiger partial charge < -0.3 is 4.74 Å². The van der Waals surface area contributed by atoms with Crippen LogP contribution >= 0.6 is 0 Å². The fraction of sp³-hybridized carbons (Fsp3) is 0.212. The van der Waals surface area contributed by atoms with Crippen LogP contribution in [0.2, 0.25) is 0 Å². The average molecular weight is 543 g/mol. The van der Waals surface area contributed by atoms with E-state index in [-0.39, 0.29) is 34.7 Å². The fourth-order valence-electron chi connectivity index (χ4n) is 3.11. The van der Waals surface area contributed by atoms with E-state index in [9.17, 15) is 28.8 Å². The molecule has 7 heteroatoms. The van der Waals surface area contributed by atoms with Gasteiger partial charge in [-0.15, -0.1) is 0 Å². The third-order valence-electron chi connectivity index (χ3n) is 5.48. The van der Waals surface area contributed by atoms with Gasteiger partial charge >= 0.3 is 0 Å². The number of allylic oxidation sites excluding steroid dienone is 1. The van der Waals surface area contributed by atoms with Crippen LogP contribution < -0.4 is 4.74 Å². The predicted molar refractivity (Wildman–Crippen MR) is 156 cm³/mol. The second-order valence-electron chi connectivity index (χ2n) is 8.87. The molecule has 0 aliphatic heterocycles. The number of methoxy groups -OCH3 is 1. The van der Waals surface area contributed by atoms with Crippen molar-refractivity contribution in [2.45, 2.75) is 41.5 Å². The van der Waals surface area contributed by atoms with Crippen LogP contribution in [0, 0.1) is 0 Å². The molecule has 0 radical (unpaired) electrons. The maximum atomic E-state index is 11.2. The molecule has 3 aromatic rings. The Morgan fingerprint density at radius 3 is 1.07 bits per heavy atom. The topological polar surface area (TPSA) is 112 Å². The van der Waals surface area contributed by atoms with E-state index in [1.165, 1.54) is 59.7 Å². The van der Waals surface area contributed by atoms with Crippen LogP contribution in [0.5, 0.6) is 5.75 Å². The van der Waals surface area contributed by atoms with E-state index < -0.39 is 0 Å². The summed E-state index contributed by atoms with van der Waals surface area (Å²) >= 11 is 0. The Morgan fingerprint density at radius 2 is 0.825 bits per heavy atom. The van der Waals surface area contributed by atoms with Gasteiger partial charge in [0.25, 0.3) is 0 Å². The zero-order chi connectivity index (χ0) is 30.4. The summed E-state index contributed by atoms with van der Waals surface area (Å²) in [5.74, 6) is 0.452. The Morgan fingerprint density at radius 1 is 0.500 bits per heavy atom. The molecule has 0 saturated carbocycles. The maximum Gasteiger partial charge on any atom is 0.159 e. The molecule has 0 heterocycles. The smallest absolute Gasteiger partial charge is 0.159 e. The second kappa shape index (κ2) is 16.2. The molecule has 0 N–H and O–H groups in total. The molecule has 0 fully saturated rings. The summed E-state index contributed by atoms with van der Waals surface area (Å²) in [6, 6.07) is 18.7. The lowest BCUT2D eigenvalue weighted by atomic mass is 10.00. The van der Waals surface area contributed by atoms with Gasteiger partial charge in [-0.3, -0.25) is 28.8 Å². The first-order valence-electron chi connectivity index (χ1n) is 12.4. The number of Topliss-reactive ketones (excluding diaryl/α,β-unsaturated/α-hetero) is 5. The van der Waals surface area contributed by atoms with Crippen LogP contribution in [0.15, 0.2) is 72.8 Å². The van der Waals surface area contributed by atoms with E-state index in [0.29, 0.717) is 27.8 Å². The van der Waals surface area contributed by atoms with Gasteiger partial charge in [0, 0.05) is 27.8 Å². The molecular formula is C33H34O7. The summed E-state index contributed by atoms with van der Waals surface area (Å²) in [5.41, 5.74) is 3.46. The van der Waals surface area contributed by atoms with Crippen molar-refractivity contribution in [1.29, 1.82) is 0 Å². The van der Waals surface area contributed by atoms with Gasteiger partial charge in [0.2, 0.25) is 0 Å². The highest BCUT2D eigenvalue weighted by Crippen LogP contribution is 2.13. The Bertz CT molecular complexity index is 1300. The maximum absolute atomic E-state index is 11.2. The zero-order valence-corrected chi connectivity index (χ0v) is 23.9. The Hall–Kier alpha value is -4.78. The summed E-state index contributed by atoms with van der Waals surface area (Å²) in [7, 11) is 1.63. The number of hydrogen-bond acceptors (Lipinski definition) is 7. The second-order valence-corrected chi connectivity index (χ2v) is 8.87. The molecule has 0 bridgehead atoms. The van der Waals surface area contributed by atoms with Gasteiger partial charge in [0.1, 0.15) is 5.75 Å². The number of carbonyl (C=O) groups excluding carboxylic acids is 6. The molecule has 0 aliphatic rings. The molecule has 0 aromatic heterocycles. The van der Waals surface area contributed by atoms with Crippen molar-refractivity contribution in [1.82, 2.24) is 0 Å². The van der Waals surface area contributed by atoms with Crippen molar-refractivity contribution in [3.63, 3.8) is 0 Å². The van der Waals surface area contributed by atoms with Gasteiger partial charge in [-0.2, -0.15) is 0 Å². The van der Waals surface area contributed by atoms with Crippen molar-refractivity contribution in [2.24, 2.45) is 0 Å². The van der Waals surface area contributed by atoms with Gasteiger partial charge in [-0.05, 0) is 83.5 Å². The van der Waals surface area contributed by atoms with Gasteiger partial charge in [0.15, 0.2) is 34.7 Å². The molecule has 0 atom stereocenters. The zero-order valence-electron chi connectivity index (χ0n) is 23.9. The number of ether oxygens (including phenoxy) is 1. The predicted octanol–water partition coefficient (Wildman–Crippen LogP) is 6.68. The Kier molecular flexibility index (Phi) is 13.5. The number of ketones is 6. The molecule has 0 aliphatic carbocycles. The Labute approximate surface area is 234 Å². The fourth-order valence-corrected chi connectivity index (χ4v) is 3.11. The van der Waals surface area contributed by atoms with Gasteiger partial charge in [-0.25, -0.2) is 0 Å². The van der Waals surface area contributed by atoms with E-state index in [1.807, 2.05) is 24.3 Å². The summed E-state index contributed by atoms with van der Waals surface area (Å²) in [6.07, 6.45) is 3.32. The minimum absolute atomic E-state index is 0.0186. The standard InChI is InChI=1S/C12H12O3.C11H12O2.C10H10O2/c1-7(13)10-4-11(8(2)14)6-12(5-10)9(3)15;1-9(12)3-4-10-5-7-11(13-2)8-6-10;1-7(11)9-3-5-10(6-4-9)8(2)12/h4-6H,1-3H3;3-8H,1-2H3;3-6H,1-2H3/b;4-3+;. The average Bonchev–Trinajstić information content (AvgIpc) is 2.92. The van der Waals surface area contributed by atoms with Crippen LogP contribution in [-0.4, -0.2) is 41.8 Å². The van der Waals surface area contributed by atoms with Crippen LogP contribution in [0.25, 0.3) is 6.08 Å². The quantitative estimate of drug-likeness (QED) is 0.230. The lowest BCUT2D eigenvalue weighted by molar-refractivity contribution is -0.112. The largest absolute Gasteiger partial charge is 0.497 e. The third-order valence-corrected chi connectivity index (χ3v) is 5.48. The van der Waals surface area contributed by atoms with Crippen molar-refractivity contribution in [2.75, 3.05) is 7.11 Å². The van der Waals surface area contributed by atoms with Crippen LogP contribution in [0.4, 0.5) is 0 Å². The van der Waals surface area contributed by atoms with Crippen molar-refractivity contribution in [3.05, 3.63) is 106 Å². The molecule has 208 valence electrons. The van der Waals surface area contributed by atoms with E-state index in [2.05, 4.69) is 0 Å². The summed E-state index contributed by atoms with van der Waals surface area (Å²) in [4.78, 5) is 65.8. The van der Waals surface area contributed by atoms with E-state index >= 15 is 0 Å². The molecule has 0 saturated heterocycles. The highest BCUT2D eigenvalue weighted by Gasteiger charge is 2.10. The van der Waals surface area contributed by atoms with E-state index in [4.69, 9.17) is 4.74 Å². The number of carbonyl (C=O) groups is 6. The number of hydrogen-bond donors (Lipinski definition) is 0. The molecule has 3 aromatic carbocycles. The van der Waals surface area contributed by atoms with Gasteiger partial charge in [-0.1, -0.05) is 42.5 Å². The summed E-state index contributed by atoms with van der Waals surface area (Å²) in [5, 5.41) is 0. The first-order chi connectivity index (χ1) is 18.7. The summed E-state index contributed by atoms with van der Waals surface area (Å²) in [6.45, 7) is 8.75. The SMILES string of the molecule is CC(=O)c1cc(C(C)=O)cc(C(C)=O)c1.CC(=O)c1ccc(C(C)=O)cc1.COc1ccc(/C=C/C(C)=O)cc1. The van der Waals surface area contributed by atoms with Crippen LogP contribution in [-0.2, 0) is 4.79 Å². The molecular weight excluding hydrogens is 508 g/mol. The van der Waals surface area contributed by atoms with Crippen LogP contribution in [0.1, 0.15) is 98.9 Å². The van der Waals surface area contributed by atoms with Crippen molar-refractivity contribution >= 4 is 40.8 Å². The lowest BCUT2D eigenvalue weighted by Crippen LogP contribution is -2.03. The molecule has 0 amide bonds. The highest BCUT2D eigenvalue weighted by atomic mass is 16.5. The van der Waals surface area contributed by atoms with E-state index in [1.54, 1.807) is 43.5 Å².